The molecular formula is C13H19NO4S. The van der Waals surface area contributed by atoms with Crippen LogP contribution in [-0.2, 0) is 4.79 Å². The SMILES string of the molecule is Cc1oc(C(C)C)cc1C(=O)NCCSCC(=O)O. The van der Waals surface area contributed by atoms with Crippen LogP contribution in [0, 0.1) is 6.92 Å². The molecule has 0 unspecified atom stereocenters. The van der Waals surface area contributed by atoms with E-state index in [9.17, 15) is 9.59 Å². The van der Waals surface area contributed by atoms with Gasteiger partial charge < -0.3 is 14.8 Å². The van der Waals surface area contributed by atoms with E-state index >= 15 is 0 Å². The molecule has 5 nitrogen and oxygen atoms in total. The zero-order chi connectivity index (χ0) is 14.4. The van der Waals surface area contributed by atoms with Crippen molar-refractivity contribution in [3.05, 3.63) is 23.2 Å². The smallest absolute Gasteiger partial charge is 0.313 e. The summed E-state index contributed by atoms with van der Waals surface area (Å²) >= 11 is 1.28. The topological polar surface area (TPSA) is 79.5 Å². The molecule has 0 fully saturated rings. The summed E-state index contributed by atoms with van der Waals surface area (Å²) < 4.78 is 5.51. The van der Waals surface area contributed by atoms with E-state index in [1.165, 1.54) is 11.8 Å². The molecule has 1 heterocycles. The largest absolute Gasteiger partial charge is 0.481 e. The Balaban J connectivity index is 2.43. The van der Waals surface area contributed by atoms with Crippen LogP contribution in [0.2, 0.25) is 0 Å². The Morgan fingerprint density at radius 3 is 2.68 bits per heavy atom. The molecule has 0 aliphatic carbocycles. The molecule has 0 spiro atoms. The van der Waals surface area contributed by atoms with E-state index < -0.39 is 5.97 Å². The zero-order valence-corrected chi connectivity index (χ0v) is 12.2. The Morgan fingerprint density at radius 1 is 1.47 bits per heavy atom. The van der Waals surface area contributed by atoms with Crippen LogP contribution in [0.1, 0.15) is 41.6 Å². The minimum absolute atomic E-state index is 0.0537. The van der Waals surface area contributed by atoms with Gasteiger partial charge in [0.15, 0.2) is 0 Å². The van der Waals surface area contributed by atoms with Crippen LogP contribution >= 0.6 is 11.8 Å². The summed E-state index contributed by atoms with van der Waals surface area (Å²) in [4.78, 5) is 22.2. The second kappa shape index (κ2) is 7.23. The van der Waals surface area contributed by atoms with Crippen molar-refractivity contribution in [2.24, 2.45) is 0 Å². The second-order valence-electron chi connectivity index (χ2n) is 4.48. The summed E-state index contributed by atoms with van der Waals surface area (Å²) in [6.45, 7) is 6.21. The van der Waals surface area contributed by atoms with Gasteiger partial charge in [0.2, 0.25) is 0 Å². The molecule has 0 saturated heterocycles. The van der Waals surface area contributed by atoms with E-state index in [1.54, 1.807) is 13.0 Å². The van der Waals surface area contributed by atoms with Gasteiger partial charge in [-0.15, -0.1) is 11.8 Å². The minimum atomic E-state index is -0.844. The van der Waals surface area contributed by atoms with Crippen molar-refractivity contribution in [3.8, 4) is 0 Å². The average molecular weight is 285 g/mol. The van der Waals surface area contributed by atoms with Gasteiger partial charge in [-0.1, -0.05) is 13.8 Å². The van der Waals surface area contributed by atoms with E-state index in [1.807, 2.05) is 13.8 Å². The van der Waals surface area contributed by atoms with Crippen LogP contribution in [0.15, 0.2) is 10.5 Å². The highest BCUT2D eigenvalue weighted by Crippen LogP contribution is 2.21. The summed E-state index contributed by atoms with van der Waals surface area (Å²) in [7, 11) is 0. The summed E-state index contributed by atoms with van der Waals surface area (Å²) in [5.41, 5.74) is 0.548. The van der Waals surface area contributed by atoms with Gasteiger partial charge in [-0.05, 0) is 13.0 Å². The van der Waals surface area contributed by atoms with Crippen molar-refractivity contribution >= 4 is 23.6 Å². The molecule has 1 aromatic heterocycles. The quantitative estimate of drug-likeness (QED) is 0.751. The monoisotopic (exact) mass is 285 g/mol. The first-order valence-electron chi connectivity index (χ1n) is 6.10. The van der Waals surface area contributed by atoms with Crippen molar-refractivity contribution in [2.75, 3.05) is 18.1 Å². The molecular weight excluding hydrogens is 266 g/mol. The van der Waals surface area contributed by atoms with E-state index in [4.69, 9.17) is 9.52 Å². The number of amides is 1. The maximum atomic E-state index is 11.9. The summed E-state index contributed by atoms with van der Waals surface area (Å²) in [6, 6.07) is 1.76. The average Bonchev–Trinajstić information content (AvgIpc) is 2.70. The lowest BCUT2D eigenvalue weighted by Crippen LogP contribution is -2.26. The number of hydrogen-bond acceptors (Lipinski definition) is 4. The molecule has 0 aliphatic rings. The molecule has 0 aliphatic heterocycles. The number of hydrogen-bond donors (Lipinski definition) is 2. The number of aliphatic carboxylic acids is 1. The van der Waals surface area contributed by atoms with Gasteiger partial charge in [0.1, 0.15) is 11.5 Å². The van der Waals surface area contributed by atoms with Crippen LogP contribution in [0.25, 0.3) is 0 Å². The van der Waals surface area contributed by atoms with Crippen LogP contribution in [0.3, 0.4) is 0 Å². The number of furan rings is 1. The third-order valence-corrected chi connectivity index (χ3v) is 3.45. The van der Waals surface area contributed by atoms with Gasteiger partial charge in [0, 0.05) is 18.2 Å². The number of thioether (sulfide) groups is 1. The molecule has 1 amide bonds. The maximum Gasteiger partial charge on any atom is 0.313 e. The summed E-state index contributed by atoms with van der Waals surface area (Å²) in [5.74, 6) is 1.26. The van der Waals surface area contributed by atoms with Crippen molar-refractivity contribution in [1.82, 2.24) is 5.32 Å². The Hall–Kier alpha value is -1.43. The number of carbonyl (C=O) groups excluding carboxylic acids is 1. The fraction of sp³-hybridized carbons (Fsp3) is 0.538. The van der Waals surface area contributed by atoms with Gasteiger partial charge in [-0.25, -0.2) is 0 Å². The highest BCUT2D eigenvalue weighted by Gasteiger charge is 2.16. The fourth-order valence-corrected chi connectivity index (χ4v) is 2.07. The van der Waals surface area contributed by atoms with Gasteiger partial charge in [-0.3, -0.25) is 9.59 Å². The first-order chi connectivity index (χ1) is 8.91. The standard InChI is InChI=1S/C13H19NO4S/c1-8(2)11-6-10(9(3)18-11)13(17)14-4-5-19-7-12(15)16/h6,8H,4-5,7H2,1-3H3,(H,14,17)(H,15,16). The summed E-state index contributed by atoms with van der Waals surface area (Å²) in [6.07, 6.45) is 0. The van der Waals surface area contributed by atoms with Gasteiger partial charge in [0.25, 0.3) is 5.91 Å². The number of rotatable bonds is 7. The number of aryl methyl sites for hydroxylation is 1. The first kappa shape index (κ1) is 15.6. The predicted molar refractivity (Wildman–Crippen MR) is 74.8 cm³/mol. The molecule has 0 saturated carbocycles. The van der Waals surface area contributed by atoms with Crippen LogP contribution in [-0.4, -0.2) is 35.0 Å². The molecule has 106 valence electrons. The highest BCUT2D eigenvalue weighted by molar-refractivity contribution is 7.99. The molecule has 1 aromatic rings. The molecule has 0 radical (unpaired) electrons. The van der Waals surface area contributed by atoms with Crippen molar-refractivity contribution in [3.63, 3.8) is 0 Å². The third kappa shape index (κ3) is 4.98. The number of carboxylic acids is 1. The third-order valence-electron chi connectivity index (χ3n) is 2.51. The maximum absolute atomic E-state index is 11.9. The molecule has 0 atom stereocenters. The Kier molecular flexibility index (Phi) is 5.95. The van der Waals surface area contributed by atoms with Gasteiger partial charge in [0.05, 0.1) is 11.3 Å². The molecule has 2 N–H and O–H groups in total. The Morgan fingerprint density at radius 2 is 2.16 bits per heavy atom. The molecule has 19 heavy (non-hydrogen) atoms. The second-order valence-corrected chi connectivity index (χ2v) is 5.58. The van der Waals surface area contributed by atoms with Crippen LogP contribution in [0.4, 0.5) is 0 Å². The van der Waals surface area contributed by atoms with Crippen molar-refractivity contribution in [1.29, 1.82) is 0 Å². The Labute approximate surface area is 116 Å². The normalized spacial score (nSPS) is 10.7. The number of carboxylic acid groups (broad SMARTS) is 1. The van der Waals surface area contributed by atoms with Crippen LogP contribution in [0.5, 0.6) is 0 Å². The Bertz CT molecular complexity index is 453. The predicted octanol–water partition coefficient (Wildman–Crippen LogP) is 2.26. The van der Waals surface area contributed by atoms with Crippen molar-refractivity contribution < 1.29 is 19.1 Å². The lowest BCUT2D eigenvalue weighted by molar-refractivity contribution is -0.133. The van der Waals surface area contributed by atoms with Gasteiger partial charge in [-0.2, -0.15) is 0 Å². The van der Waals surface area contributed by atoms with E-state index in [-0.39, 0.29) is 17.6 Å². The number of nitrogens with one attached hydrogen (secondary N) is 1. The number of carbonyl (C=O) groups is 2. The highest BCUT2D eigenvalue weighted by atomic mass is 32.2. The summed E-state index contributed by atoms with van der Waals surface area (Å²) in [5, 5.41) is 11.2. The van der Waals surface area contributed by atoms with E-state index in [0.717, 1.165) is 5.76 Å². The molecule has 0 aromatic carbocycles. The van der Waals surface area contributed by atoms with Gasteiger partial charge >= 0.3 is 5.97 Å². The molecule has 6 heteroatoms. The first-order valence-corrected chi connectivity index (χ1v) is 7.25. The molecule has 0 bridgehead atoms. The lowest BCUT2D eigenvalue weighted by Gasteiger charge is -2.03. The van der Waals surface area contributed by atoms with Crippen LogP contribution < -0.4 is 5.32 Å². The van der Waals surface area contributed by atoms with E-state index in [2.05, 4.69) is 5.32 Å². The molecule has 1 rings (SSSR count). The lowest BCUT2D eigenvalue weighted by atomic mass is 10.1. The van der Waals surface area contributed by atoms with Crippen molar-refractivity contribution in [2.45, 2.75) is 26.7 Å². The fourth-order valence-electron chi connectivity index (χ4n) is 1.51. The van der Waals surface area contributed by atoms with E-state index in [0.29, 0.717) is 23.6 Å². The zero-order valence-electron chi connectivity index (χ0n) is 11.4. The minimum Gasteiger partial charge on any atom is -0.481 e.